The molecule has 0 amide bonds. The van der Waals surface area contributed by atoms with Crippen LogP contribution in [0.15, 0.2) is 75.0 Å². The van der Waals surface area contributed by atoms with Crippen molar-refractivity contribution in [3.05, 3.63) is 104 Å². The number of aromatic hydroxyl groups is 1. The molecule has 0 unspecified atom stereocenters. The minimum Gasteiger partial charge on any atom is -0.588 e. The quantitative estimate of drug-likeness (QED) is 0.0587. The van der Waals surface area contributed by atoms with Crippen LogP contribution in [0.2, 0.25) is 0 Å². The van der Waals surface area contributed by atoms with Crippen molar-refractivity contribution in [1.82, 2.24) is 0 Å². The normalized spacial score (nSPS) is 17.0. The Labute approximate surface area is 390 Å². The fourth-order valence-corrected chi connectivity index (χ4v) is 7.98. The maximum atomic E-state index is 13.0. The van der Waals surface area contributed by atoms with Crippen molar-refractivity contribution in [2.45, 2.75) is 132 Å². The van der Waals surface area contributed by atoms with Crippen LogP contribution < -0.4 is 34.2 Å². The van der Waals surface area contributed by atoms with Crippen LogP contribution in [0.5, 0.6) is 40.2 Å². The van der Waals surface area contributed by atoms with Crippen molar-refractivity contribution >= 4 is 27.6 Å². The lowest BCUT2D eigenvalue weighted by atomic mass is 9.83. The summed E-state index contributed by atoms with van der Waals surface area (Å²) in [5, 5.41) is 42.4. The van der Waals surface area contributed by atoms with Crippen LogP contribution in [-0.2, 0) is 24.9 Å². The standard InChI is InChI=1S/C27H33NO5.C20H20O6.C4H10.C3H8/c1-16(2)7-9-18-13-20-24(14-22(18)28(5)30)32-15-27(29)21-11-12-23(31-6)19(10-8-17(3)4)25(21)33-26(20)27;1-4-24-12-6-5-11-17(22)15-14(25-19(11)18(12)23)9-13-10(16(15)21)7-8-20(2,3)26-13;1-4(2)3;1-3-2/h7-8,11-14,26,29-30H,9-10,15H2,1-6H3;5-6,9,21,23H,4,7-8H2,1-3H3;4H,1-3H3;3H2,1-2H3/p+1/t26-,27+;;;/m0.../s1. The Hall–Kier alpha value is -5.85. The molecule has 0 saturated heterocycles. The molecule has 8 rings (SSSR count). The molecule has 4 aromatic carbocycles. The number of nitrogens with zero attached hydrogens (tertiary/aromatic N) is 1. The molecule has 0 aliphatic carbocycles. The van der Waals surface area contributed by atoms with Crippen LogP contribution in [0.1, 0.15) is 130 Å². The van der Waals surface area contributed by atoms with E-state index in [-0.39, 0.29) is 51.1 Å². The van der Waals surface area contributed by atoms with E-state index in [4.69, 9.17) is 33.2 Å². The zero-order chi connectivity index (χ0) is 48.8. The van der Waals surface area contributed by atoms with Gasteiger partial charge in [0.2, 0.25) is 16.8 Å². The van der Waals surface area contributed by atoms with Crippen LogP contribution in [0, 0.1) is 5.92 Å². The molecule has 0 spiro atoms. The summed E-state index contributed by atoms with van der Waals surface area (Å²) in [6, 6.07) is 12.3. The van der Waals surface area contributed by atoms with Gasteiger partial charge in [-0.1, -0.05) is 64.3 Å². The molecule has 66 heavy (non-hydrogen) atoms. The molecular weight excluding hydrogens is 839 g/mol. The molecule has 12 heteroatoms. The summed E-state index contributed by atoms with van der Waals surface area (Å²) >= 11 is 0. The molecular formula is C54H72NO11+. The van der Waals surface area contributed by atoms with E-state index >= 15 is 0 Å². The number of phenolic OH excluding ortho intramolecular Hbond substituents is 1. The number of benzene rings is 4. The van der Waals surface area contributed by atoms with E-state index in [1.165, 1.54) is 17.6 Å². The Balaban J connectivity index is 0.000000221. The molecule has 3 aliphatic heterocycles. The van der Waals surface area contributed by atoms with Gasteiger partial charge in [0.25, 0.3) is 0 Å². The summed E-state index contributed by atoms with van der Waals surface area (Å²) in [7, 11) is 3.24. The molecule has 0 radical (unpaired) electrons. The first kappa shape index (κ1) is 51.1. The number of hydrogen-bond acceptors (Lipinski definition) is 11. The lowest BCUT2D eigenvalue weighted by molar-refractivity contribution is -0.0864. The number of aliphatic hydroxyl groups is 1. The summed E-state index contributed by atoms with van der Waals surface area (Å²) in [6.07, 6.45) is 7.52. The number of anilines is 1. The fourth-order valence-electron chi connectivity index (χ4n) is 7.98. The van der Waals surface area contributed by atoms with Gasteiger partial charge in [0.15, 0.2) is 11.7 Å². The molecule has 4 heterocycles. The second-order valence-electron chi connectivity index (χ2n) is 18.9. The second kappa shape index (κ2) is 21.2. The number of hydroxylamine groups is 1. The lowest BCUT2D eigenvalue weighted by Crippen LogP contribution is -2.41. The number of allylic oxidation sites excluding steroid dienone is 4. The lowest BCUT2D eigenvalue weighted by Gasteiger charge is -2.35. The van der Waals surface area contributed by atoms with Gasteiger partial charge in [-0.15, -0.1) is 0 Å². The minimum absolute atomic E-state index is 0.0156. The SMILES string of the molecule is CC(C)C.CCC.CCOc1ccc2c(=O)c3c(O)c4c(cc3oc2c1[OH2+])OC(C)(C)CC4.COc1ccc2c(c1CC=C(C)C)O[C@H]1c3cc(CC=C(C)C)c(N(C)O)cc3OC[C@@]21O. The molecule has 0 bridgehead atoms. The van der Waals surface area contributed by atoms with E-state index in [0.717, 1.165) is 39.8 Å². The van der Waals surface area contributed by atoms with Crippen molar-refractivity contribution < 1.29 is 48.6 Å². The Morgan fingerprint density at radius 1 is 0.970 bits per heavy atom. The number of hydrogen-bond donors (Lipinski definition) is 3. The molecule has 3 aliphatic rings. The van der Waals surface area contributed by atoms with E-state index in [0.29, 0.717) is 65.7 Å². The predicted octanol–water partition coefficient (Wildman–Crippen LogP) is 11.9. The predicted molar refractivity (Wildman–Crippen MR) is 264 cm³/mol. The van der Waals surface area contributed by atoms with E-state index < -0.39 is 11.7 Å². The van der Waals surface area contributed by atoms with E-state index in [1.54, 1.807) is 32.4 Å². The van der Waals surface area contributed by atoms with Gasteiger partial charge in [0, 0.05) is 41.4 Å². The highest BCUT2D eigenvalue weighted by atomic mass is 16.5. The van der Waals surface area contributed by atoms with Crippen LogP contribution >= 0.6 is 0 Å². The molecule has 12 nitrogen and oxygen atoms in total. The van der Waals surface area contributed by atoms with Crippen LogP contribution in [-0.4, -0.2) is 53.5 Å². The van der Waals surface area contributed by atoms with Crippen molar-refractivity contribution in [3.63, 3.8) is 0 Å². The Morgan fingerprint density at radius 2 is 1.61 bits per heavy atom. The zero-order valence-electron chi connectivity index (χ0n) is 41.4. The number of fused-ring (bicyclic) bond motifs is 8. The van der Waals surface area contributed by atoms with Crippen molar-refractivity contribution in [2.24, 2.45) is 5.92 Å². The molecule has 0 fully saturated rings. The Bertz CT molecular complexity index is 2650. The van der Waals surface area contributed by atoms with Crippen molar-refractivity contribution in [1.29, 1.82) is 0 Å². The van der Waals surface area contributed by atoms with Gasteiger partial charge < -0.3 is 43.4 Å². The Morgan fingerprint density at radius 3 is 2.21 bits per heavy atom. The van der Waals surface area contributed by atoms with Gasteiger partial charge in [-0.3, -0.25) is 15.1 Å². The van der Waals surface area contributed by atoms with E-state index in [2.05, 4.69) is 60.6 Å². The first-order valence-electron chi connectivity index (χ1n) is 23.0. The van der Waals surface area contributed by atoms with Gasteiger partial charge in [0.05, 0.1) is 24.8 Å². The van der Waals surface area contributed by atoms with Crippen molar-refractivity contribution in [2.75, 3.05) is 32.4 Å². The van der Waals surface area contributed by atoms with Gasteiger partial charge in [-0.2, -0.15) is 0 Å². The minimum atomic E-state index is -1.31. The first-order valence-corrected chi connectivity index (χ1v) is 23.0. The Kier molecular flexibility index (Phi) is 16.4. The smallest absolute Gasteiger partial charge is 0.341 e. The van der Waals surface area contributed by atoms with Gasteiger partial charge in [0.1, 0.15) is 51.9 Å². The number of rotatable bonds is 8. The highest BCUT2D eigenvalue weighted by Crippen LogP contribution is 2.56. The number of ether oxygens (including phenoxy) is 5. The highest BCUT2D eigenvalue weighted by Gasteiger charge is 2.54. The topological polar surface area (TPSA) is 163 Å². The third-order valence-electron chi connectivity index (χ3n) is 11.1. The summed E-state index contributed by atoms with van der Waals surface area (Å²) in [5.74, 6) is 3.61. The van der Waals surface area contributed by atoms with Crippen LogP contribution in [0.3, 0.4) is 0 Å². The van der Waals surface area contributed by atoms with Crippen molar-refractivity contribution in [3.8, 4) is 40.2 Å². The average molecular weight is 911 g/mol. The van der Waals surface area contributed by atoms with E-state index in [1.807, 2.05) is 58.9 Å². The second-order valence-corrected chi connectivity index (χ2v) is 18.9. The monoisotopic (exact) mass is 911 g/mol. The molecule has 2 atom stereocenters. The molecule has 1 aromatic heterocycles. The van der Waals surface area contributed by atoms with Crippen LogP contribution in [0.4, 0.5) is 5.69 Å². The molecule has 5 aromatic rings. The third-order valence-corrected chi connectivity index (χ3v) is 11.1. The molecule has 5 N–H and O–H groups in total. The molecule has 0 saturated carbocycles. The summed E-state index contributed by atoms with van der Waals surface area (Å²) < 4.78 is 35.4. The van der Waals surface area contributed by atoms with Gasteiger partial charge in [-0.25, -0.2) is 0 Å². The first-order chi connectivity index (χ1) is 31.1. The summed E-state index contributed by atoms with van der Waals surface area (Å²) in [6.45, 7) is 25.2. The summed E-state index contributed by atoms with van der Waals surface area (Å²) in [4.78, 5) is 13.0. The number of methoxy groups -OCH3 is 1. The maximum absolute atomic E-state index is 13.0. The van der Waals surface area contributed by atoms with Gasteiger partial charge in [-0.05, 0) is 116 Å². The summed E-state index contributed by atoms with van der Waals surface area (Å²) in [5.41, 5.74) is 5.33. The third kappa shape index (κ3) is 10.9. The van der Waals surface area contributed by atoms with E-state index in [9.17, 15) is 20.2 Å². The molecule has 358 valence electrons. The number of phenols is 1. The largest absolute Gasteiger partial charge is 0.588 e. The highest BCUT2D eigenvalue weighted by molar-refractivity contribution is 5.97. The fraction of sp³-hybridized carbons (Fsp3) is 0.463. The average Bonchev–Trinajstić information content (AvgIpc) is 3.55. The van der Waals surface area contributed by atoms with Gasteiger partial charge >= 0.3 is 5.75 Å². The van der Waals surface area contributed by atoms with Crippen LogP contribution in [0.25, 0.3) is 21.9 Å². The zero-order valence-corrected chi connectivity index (χ0v) is 41.4. The maximum Gasteiger partial charge on any atom is 0.341 e.